The Balaban J connectivity index is 2.04. The summed E-state index contributed by atoms with van der Waals surface area (Å²) in [4.78, 5) is 11.5. The zero-order chi connectivity index (χ0) is 11.0. The fourth-order valence-corrected chi connectivity index (χ4v) is 1.60. The van der Waals surface area contributed by atoms with E-state index in [1.807, 2.05) is 19.1 Å². The van der Waals surface area contributed by atoms with Crippen molar-refractivity contribution in [2.24, 2.45) is 11.7 Å². The number of nitrogens with two attached hydrogens (primary N) is 1. The van der Waals surface area contributed by atoms with Crippen molar-refractivity contribution in [2.45, 2.75) is 19.4 Å². The number of carbonyl (C=O) groups is 1. The predicted molar refractivity (Wildman–Crippen MR) is 60.9 cm³/mol. The summed E-state index contributed by atoms with van der Waals surface area (Å²) < 4.78 is 0. The maximum absolute atomic E-state index is 11.5. The summed E-state index contributed by atoms with van der Waals surface area (Å²) >= 11 is 5.95. The number of anilines is 1. The lowest BCUT2D eigenvalue weighted by atomic mass is 10.2. The van der Waals surface area contributed by atoms with Gasteiger partial charge in [-0.25, -0.2) is 0 Å². The van der Waals surface area contributed by atoms with E-state index in [2.05, 4.69) is 5.32 Å². The third-order valence-electron chi connectivity index (χ3n) is 2.62. The van der Waals surface area contributed by atoms with Gasteiger partial charge in [0.15, 0.2) is 0 Å². The number of carbonyl (C=O) groups excluding carboxylic acids is 1. The van der Waals surface area contributed by atoms with Crippen molar-refractivity contribution >= 4 is 23.2 Å². The zero-order valence-corrected chi connectivity index (χ0v) is 9.21. The van der Waals surface area contributed by atoms with E-state index in [0.717, 1.165) is 17.7 Å². The largest absolute Gasteiger partial charge is 0.327 e. The molecule has 2 atom stereocenters. The van der Waals surface area contributed by atoms with Crippen LogP contribution in [0.1, 0.15) is 12.0 Å². The Morgan fingerprint density at radius 3 is 2.80 bits per heavy atom. The summed E-state index contributed by atoms with van der Waals surface area (Å²) in [5.41, 5.74) is 7.32. The molecule has 15 heavy (non-hydrogen) atoms. The van der Waals surface area contributed by atoms with Crippen molar-refractivity contribution < 1.29 is 4.79 Å². The molecule has 2 unspecified atom stereocenters. The number of hydrogen-bond acceptors (Lipinski definition) is 2. The van der Waals surface area contributed by atoms with E-state index in [9.17, 15) is 4.79 Å². The Hall–Kier alpha value is -1.06. The number of nitrogens with one attached hydrogen (secondary N) is 1. The Kier molecular flexibility index (Phi) is 2.67. The molecule has 3 nitrogen and oxygen atoms in total. The Morgan fingerprint density at radius 2 is 2.27 bits per heavy atom. The smallest absolute Gasteiger partial charge is 0.229 e. The van der Waals surface area contributed by atoms with Crippen LogP contribution in [0.15, 0.2) is 18.2 Å². The molecule has 1 aliphatic carbocycles. The second-order valence-electron chi connectivity index (χ2n) is 3.96. The molecule has 1 aromatic carbocycles. The number of rotatable bonds is 2. The first-order valence-electron chi connectivity index (χ1n) is 4.90. The molecule has 0 spiro atoms. The monoisotopic (exact) mass is 224 g/mol. The second kappa shape index (κ2) is 3.83. The quantitative estimate of drug-likeness (QED) is 0.807. The van der Waals surface area contributed by atoms with E-state index in [1.165, 1.54) is 0 Å². The summed E-state index contributed by atoms with van der Waals surface area (Å²) in [5.74, 6) is -0.0347. The topological polar surface area (TPSA) is 55.1 Å². The molecule has 3 N–H and O–H groups in total. The van der Waals surface area contributed by atoms with Crippen LogP contribution in [-0.4, -0.2) is 11.9 Å². The fraction of sp³-hybridized carbons (Fsp3) is 0.364. The molecule has 0 heterocycles. The minimum atomic E-state index is -0.0231. The van der Waals surface area contributed by atoms with Gasteiger partial charge in [-0.15, -0.1) is 0 Å². The van der Waals surface area contributed by atoms with E-state index in [-0.39, 0.29) is 17.9 Å². The van der Waals surface area contributed by atoms with Crippen LogP contribution in [-0.2, 0) is 4.79 Å². The van der Waals surface area contributed by atoms with Gasteiger partial charge in [0.25, 0.3) is 0 Å². The molecule has 0 aromatic heterocycles. The maximum Gasteiger partial charge on any atom is 0.229 e. The van der Waals surface area contributed by atoms with E-state index >= 15 is 0 Å². The van der Waals surface area contributed by atoms with Crippen LogP contribution in [0.3, 0.4) is 0 Å². The van der Waals surface area contributed by atoms with E-state index in [4.69, 9.17) is 17.3 Å². The van der Waals surface area contributed by atoms with Crippen LogP contribution in [0, 0.1) is 12.8 Å². The Bertz CT molecular complexity index is 406. The first-order valence-corrected chi connectivity index (χ1v) is 5.28. The lowest BCUT2D eigenvalue weighted by molar-refractivity contribution is -0.117. The van der Waals surface area contributed by atoms with Crippen molar-refractivity contribution in [1.29, 1.82) is 0 Å². The van der Waals surface area contributed by atoms with E-state index < -0.39 is 0 Å². The van der Waals surface area contributed by atoms with Gasteiger partial charge in [0, 0.05) is 16.8 Å². The summed E-state index contributed by atoms with van der Waals surface area (Å²) in [5, 5.41) is 3.46. The zero-order valence-electron chi connectivity index (χ0n) is 8.46. The molecule has 0 radical (unpaired) electrons. The summed E-state index contributed by atoms with van der Waals surface area (Å²) in [7, 11) is 0. The molecule has 0 saturated heterocycles. The predicted octanol–water partition coefficient (Wildman–Crippen LogP) is 1.93. The fourth-order valence-electron chi connectivity index (χ4n) is 1.42. The van der Waals surface area contributed by atoms with Crippen molar-refractivity contribution in [3.05, 3.63) is 28.8 Å². The minimum absolute atomic E-state index is 0.0116. The molecular weight excluding hydrogens is 212 g/mol. The van der Waals surface area contributed by atoms with Crippen LogP contribution in [0.2, 0.25) is 5.02 Å². The number of aryl methyl sites for hydroxylation is 1. The van der Waals surface area contributed by atoms with Gasteiger partial charge in [0.05, 0.1) is 5.92 Å². The van der Waals surface area contributed by atoms with Gasteiger partial charge in [-0.2, -0.15) is 0 Å². The van der Waals surface area contributed by atoms with Gasteiger partial charge < -0.3 is 11.1 Å². The van der Waals surface area contributed by atoms with Crippen LogP contribution in [0.25, 0.3) is 0 Å². The lowest BCUT2D eigenvalue weighted by Gasteiger charge is -2.05. The third kappa shape index (κ3) is 2.30. The molecule has 80 valence electrons. The van der Waals surface area contributed by atoms with Crippen molar-refractivity contribution in [3.63, 3.8) is 0 Å². The molecule has 1 amide bonds. The SMILES string of the molecule is Cc1ccc(NC(=O)C2CC2N)cc1Cl. The van der Waals surface area contributed by atoms with Crippen LogP contribution < -0.4 is 11.1 Å². The molecule has 1 aromatic rings. The minimum Gasteiger partial charge on any atom is -0.327 e. The van der Waals surface area contributed by atoms with E-state index in [1.54, 1.807) is 6.07 Å². The highest BCUT2D eigenvalue weighted by Crippen LogP contribution is 2.29. The lowest BCUT2D eigenvalue weighted by Crippen LogP contribution is -2.18. The number of halogens is 1. The second-order valence-corrected chi connectivity index (χ2v) is 4.37. The van der Waals surface area contributed by atoms with Crippen LogP contribution >= 0.6 is 11.6 Å². The average molecular weight is 225 g/mol. The highest BCUT2D eigenvalue weighted by atomic mass is 35.5. The van der Waals surface area contributed by atoms with Crippen molar-refractivity contribution in [3.8, 4) is 0 Å². The van der Waals surface area contributed by atoms with Crippen LogP contribution in [0.5, 0.6) is 0 Å². The normalized spacial score (nSPS) is 23.7. The van der Waals surface area contributed by atoms with Gasteiger partial charge in [0.1, 0.15) is 0 Å². The molecule has 1 aliphatic rings. The number of amides is 1. The molecule has 1 saturated carbocycles. The molecular formula is C11H13ClN2O. The van der Waals surface area contributed by atoms with E-state index in [0.29, 0.717) is 5.02 Å². The summed E-state index contributed by atoms with van der Waals surface area (Å²) in [6.07, 6.45) is 0.783. The standard InChI is InChI=1S/C11H13ClN2O/c1-6-2-3-7(4-9(6)12)14-11(15)8-5-10(8)13/h2-4,8,10H,5,13H2,1H3,(H,14,15). The highest BCUT2D eigenvalue weighted by Gasteiger charge is 2.39. The molecule has 1 fully saturated rings. The Morgan fingerprint density at radius 1 is 1.60 bits per heavy atom. The summed E-state index contributed by atoms with van der Waals surface area (Å²) in [6, 6.07) is 5.51. The Labute approximate surface area is 93.6 Å². The number of hydrogen-bond donors (Lipinski definition) is 2. The van der Waals surface area contributed by atoms with Gasteiger partial charge in [-0.1, -0.05) is 17.7 Å². The van der Waals surface area contributed by atoms with Gasteiger partial charge in [0.2, 0.25) is 5.91 Å². The highest BCUT2D eigenvalue weighted by molar-refractivity contribution is 6.31. The van der Waals surface area contributed by atoms with Crippen LogP contribution in [0.4, 0.5) is 5.69 Å². The van der Waals surface area contributed by atoms with Crippen molar-refractivity contribution in [1.82, 2.24) is 0 Å². The molecule has 0 bridgehead atoms. The van der Waals surface area contributed by atoms with Gasteiger partial charge >= 0.3 is 0 Å². The molecule has 2 rings (SSSR count). The van der Waals surface area contributed by atoms with Crippen molar-refractivity contribution in [2.75, 3.05) is 5.32 Å². The molecule has 4 heteroatoms. The first kappa shape index (κ1) is 10.5. The first-order chi connectivity index (χ1) is 7.08. The van der Waals surface area contributed by atoms with Gasteiger partial charge in [-0.3, -0.25) is 4.79 Å². The third-order valence-corrected chi connectivity index (χ3v) is 3.02. The molecule has 0 aliphatic heterocycles. The average Bonchev–Trinajstić information content (AvgIpc) is 2.89. The van der Waals surface area contributed by atoms with Gasteiger partial charge in [-0.05, 0) is 31.0 Å². The number of benzene rings is 1. The summed E-state index contributed by atoms with van der Waals surface area (Å²) in [6.45, 7) is 1.92. The maximum atomic E-state index is 11.5.